The van der Waals surface area contributed by atoms with Gasteiger partial charge in [0.05, 0.1) is 17.0 Å². The average molecular weight is 456 g/mol. The van der Waals surface area contributed by atoms with Gasteiger partial charge in [0.2, 0.25) is 11.8 Å². The highest BCUT2D eigenvalue weighted by molar-refractivity contribution is 9.10. The normalized spacial score (nSPS) is 15.0. The predicted molar refractivity (Wildman–Crippen MR) is 109 cm³/mol. The molecule has 2 amide bonds. The average Bonchev–Trinajstić information content (AvgIpc) is 3.28. The van der Waals surface area contributed by atoms with Crippen molar-refractivity contribution in [1.29, 1.82) is 0 Å². The number of amides is 2. The summed E-state index contributed by atoms with van der Waals surface area (Å²) in [6, 6.07) is 2.03. The molecule has 0 atom stereocenters. The fourth-order valence-corrected chi connectivity index (χ4v) is 5.38. The van der Waals surface area contributed by atoms with Gasteiger partial charge in [0.1, 0.15) is 5.01 Å². The smallest absolute Gasteiger partial charge is 0.226 e. The van der Waals surface area contributed by atoms with Crippen LogP contribution in [0, 0.1) is 5.92 Å². The number of aromatic nitrogens is 1. The third-order valence-corrected chi connectivity index (χ3v) is 7.15. The Kier molecular flexibility index (Phi) is 7.22. The minimum Gasteiger partial charge on any atom is -0.354 e. The van der Waals surface area contributed by atoms with Crippen LogP contribution in [0.4, 0.5) is 0 Å². The molecule has 26 heavy (non-hydrogen) atoms. The lowest BCUT2D eigenvalue weighted by Crippen LogP contribution is -2.38. The number of rotatable bonds is 7. The maximum absolute atomic E-state index is 12.0. The van der Waals surface area contributed by atoms with Gasteiger partial charge in [0, 0.05) is 34.2 Å². The molecule has 0 bridgehead atoms. The van der Waals surface area contributed by atoms with Crippen LogP contribution in [0.25, 0.3) is 9.88 Å². The third-order valence-electron chi connectivity index (χ3n) is 4.39. The van der Waals surface area contributed by atoms with Crippen LogP contribution in [0.3, 0.4) is 0 Å². The molecule has 5 nitrogen and oxygen atoms in total. The molecule has 1 aliphatic rings. The van der Waals surface area contributed by atoms with Crippen LogP contribution in [-0.4, -0.2) is 29.9 Å². The summed E-state index contributed by atoms with van der Waals surface area (Å²) >= 11 is 6.61. The maximum Gasteiger partial charge on any atom is 0.226 e. The zero-order valence-corrected chi connectivity index (χ0v) is 17.6. The van der Waals surface area contributed by atoms with Gasteiger partial charge >= 0.3 is 0 Å². The number of hydrogen-bond donors (Lipinski definition) is 2. The number of nitrogens with one attached hydrogen (secondary N) is 2. The van der Waals surface area contributed by atoms with E-state index in [1.54, 1.807) is 22.7 Å². The van der Waals surface area contributed by atoms with Gasteiger partial charge in [-0.15, -0.1) is 22.7 Å². The van der Waals surface area contributed by atoms with Crippen molar-refractivity contribution >= 4 is 50.4 Å². The molecule has 0 aliphatic heterocycles. The summed E-state index contributed by atoms with van der Waals surface area (Å²) in [6.45, 7) is 0.929. The lowest BCUT2D eigenvalue weighted by Gasteiger charge is -2.20. The van der Waals surface area contributed by atoms with E-state index in [1.165, 1.54) is 6.42 Å². The van der Waals surface area contributed by atoms with Crippen LogP contribution < -0.4 is 10.6 Å². The second kappa shape index (κ2) is 9.62. The highest BCUT2D eigenvalue weighted by atomic mass is 79.9. The summed E-state index contributed by atoms with van der Waals surface area (Å²) in [5, 5.41) is 10.7. The van der Waals surface area contributed by atoms with Gasteiger partial charge in [-0.05, 0) is 34.8 Å². The van der Waals surface area contributed by atoms with E-state index in [-0.39, 0.29) is 24.2 Å². The standard InChI is InChI=1S/C18H22BrN3O2S2/c19-13-8-15(25-10-13)18-22-14(11-26-18)9-16(23)20-6-7-21-17(24)12-4-2-1-3-5-12/h8,10-12H,1-7,9H2,(H,20,23)(H,21,24). The Morgan fingerprint density at radius 2 is 1.88 bits per heavy atom. The van der Waals surface area contributed by atoms with Gasteiger partial charge < -0.3 is 10.6 Å². The van der Waals surface area contributed by atoms with Crippen LogP contribution in [0.5, 0.6) is 0 Å². The van der Waals surface area contributed by atoms with Crippen LogP contribution in [0.2, 0.25) is 0 Å². The van der Waals surface area contributed by atoms with E-state index in [4.69, 9.17) is 0 Å². The van der Waals surface area contributed by atoms with Crippen molar-refractivity contribution in [3.05, 3.63) is 27.0 Å². The number of thiophene rings is 1. The lowest BCUT2D eigenvalue weighted by atomic mass is 9.89. The summed E-state index contributed by atoms with van der Waals surface area (Å²) in [5.41, 5.74) is 0.776. The van der Waals surface area contributed by atoms with E-state index in [1.807, 2.05) is 16.8 Å². The molecule has 2 heterocycles. The molecule has 1 saturated carbocycles. The Morgan fingerprint density at radius 3 is 2.62 bits per heavy atom. The van der Waals surface area contributed by atoms with Gasteiger partial charge in [0.25, 0.3) is 0 Å². The molecule has 2 aromatic rings. The third kappa shape index (κ3) is 5.62. The summed E-state index contributed by atoms with van der Waals surface area (Å²) in [6.07, 6.45) is 5.78. The van der Waals surface area contributed by atoms with Crippen LogP contribution in [-0.2, 0) is 16.0 Å². The molecule has 0 aromatic carbocycles. The Labute approximate surface area is 169 Å². The largest absolute Gasteiger partial charge is 0.354 e. The Bertz CT molecular complexity index is 753. The first-order valence-corrected chi connectivity index (χ1v) is 11.4. The van der Waals surface area contributed by atoms with E-state index >= 15 is 0 Å². The lowest BCUT2D eigenvalue weighted by molar-refractivity contribution is -0.126. The quantitative estimate of drug-likeness (QED) is 0.619. The molecule has 0 radical (unpaired) electrons. The van der Waals surface area contributed by atoms with Crippen molar-refractivity contribution in [3.8, 4) is 9.88 Å². The molecule has 8 heteroatoms. The molecular formula is C18H22BrN3O2S2. The number of carbonyl (C=O) groups is 2. The van der Waals surface area contributed by atoms with E-state index in [9.17, 15) is 9.59 Å². The molecule has 140 valence electrons. The Balaban J connectivity index is 1.36. The number of thiazole rings is 1. The van der Waals surface area contributed by atoms with E-state index in [0.717, 1.165) is 45.7 Å². The SMILES string of the molecule is O=C(Cc1csc(-c2cc(Br)cs2)n1)NCCNC(=O)C1CCCCC1. The molecular weight excluding hydrogens is 434 g/mol. The fourth-order valence-electron chi connectivity index (χ4n) is 3.05. The first-order chi connectivity index (χ1) is 12.6. The Hall–Kier alpha value is -1.25. The van der Waals surface area contributed by atoms with Crippen molar-refractivity contribution < 1.29 is 9.59 Å². The van der Waals surface area contributed by atoms with Crippen molar-refractivity contribution in [1.82, 2.24) is 15.6 Å². The number of nitrogens with zero attached hydrogens (tertiary/aromatic N) is 1. The highest BCUT2D eigenvalue weighted by Gasteiger charge is 2.20. The number of hydrogen-bond acceptors (Lipinski definition) is 5. The molecule has 1 aliphatic carbocycles. The van der Waals surface area contributed by atoms with Crippen LogP contribution >= 0.6 is 38.6 Å². The maximum atomic E-state index is 12.0. The van der Waals surface area contributed by atoms with Crippen molar-refractivity contribution in [2.45, 2.75) is 38.5 Å². The summed E-state index contributed by atoms with van der Waals surface area (Å²) in [7, 11) is 0. The predicted octanol–water partition coefficient (Wildman–Crippen LogP) is 3.99. The monoisotopic (exact) mass is 455 g/mol. The first-order valence-electron chi connectivity index (χ1n) is 8.85. The highest BCUT2D eigenvalue weighted by Crippen LogP contribution is 2.32. The van der Waals surface area contributed by atoms with Crippen LogP contribution in [0.15, 0.2) is 21.3 Å². The molecule has 0 saturated heterocycles. The van der Waals surface area contributed by atoms with E-state index in [2.05, 4.69) is 31.5 Å². The first kappa shape index (κ1) is 19.5. The Morgan fingerprint density at radius 1 is 1.12 bits per heavy atom. The van der Waals surface area contributed by atoms with Gasteiger partial charge in [0.15, 0.2) is 0 Å². The summed E-state index contributed by atoms with van der Waals surface area (Å²) in [4.78, 5) is 29.7. The van der Waals surface area contributed by atoms with Crippen molar-refractivity contribution in [3.63, 3.8) is 0 Å². The zero-order valence-electron chi connectivity index (χ0n) is 14.4. The second-order valence-corrected chi connectivity index (χ2v) is 9.11. The summed E-state index contributed by atoms with van der Waals surface area (Å²) < 4.78 is 1.04. The minimum atomic E-state index is -0.0684. The van der Waals surface area contributed by atoms with E-state index < -0.39 is 0 Å². The molecule has 2 aromatic heterocycles. The van der Waals surface area contributed by atoms with Gasteiger partial charge in [-0.3, -0.25) is 9.59 Å². The summed E-state index contributed by atoms with van der Waals surface area (Å²) in [5.74, 6) is 0.219. The second-order valence-electron chi connectivity index (χ2n) is 6.43. The molecule has 0 spiro atoms. The van der Waals surface area contributed by atoms with Crippen molar-refractivity contribution in [2.75, 3.05) is 13.1 Å². The van der Waals surface area contributed by atoms with E-state index in [0.29, 0.717) is 13.1 Å². The molecule has 2 N–H and O–H groups in total. The molecule has 0 unspecified atom stereocenters. The van der Waals surface area contributed by atoms with Crippen LogP contribution in [0.1, 0.15) is 37.8 Å². The van der Waals surface area contributed by atoms with Gasteiger partial charge in [-0.2, -0.15) is 0 Å². The molecule has 1 fully saturated rings. The molecule has 3 rings (SSSR count). The number of carbonyl (C=O) groups excluding carboxylic acids is 2. The zero-order chi connectivity index (χ0) is 18.4. The fraction of sp³-hybridized carbons (Fsp3) is 0.500. The van der Waals surface area contributed by atoms with Gasteiger partial charge in [-0.1, -0.05) is 19.3 Å². The topological polar surface area (TPSA) is 71.1 Å². The van der Waals surface area contributed by atoms with Gasteiger partial charge in [-0.25, -0.2) is 4.98 Å². The van der Waals surface area contributed by atoms with Crippen molar-refractivity contribution in [2.24, 2.45) is 5.92 Å². The minimum absolute atomic E-state index is 0.0684. The number of halogens is 1.